The summed E-state index contributed by atoms with van der Waals surface area (Å²) in [4.78, 5) is 24.8. The highest BCUT2D eigenvalue weighted by atomic mass is 35.5. The van der Waals surface area contributed by atoms with Crippen LogP contribution in [-0.2, 0) is 0 Å². The average Bonchev–Trinajstić information content (AvgIpc) is 2.64. The number of rotatable bonds is 4. The summed E-state index contributed by atoms with van der Waals surface area (Å²) in [5.41, 5.74) is 0.253. The first-order valence-electron chi connectivity index (χ1n) is 7.47. The second-order valence-electron chi connectivity index (χ2n) is 5.09. The lowest BCUT2D eigenvalue weighted by Crippen LogP contribution is -2.17. The molecule has 3 aromatic rings. The Balaban J connectivity index is 1.81. The van der Waals surface area contributed by atoms with E-state index >= 15 is 0 Å². The van der Waals surface area contributed by atoms with Gasteiger partial charge in [0, 0.05) is 5.02 Å². The number of para-hydroxylation sites is 1. The number of benzene rings is 3. The molecule has 25 heavy (non-hydrogen) atoms. The van der Waals surface area contributed by atoms with Crippen molar-refractivity contribution in [1.82, 2.24) is 0 Å². The molecule has 0 fully saturated rings. The quantitative estimate of drug-likeness (QED) is 0.501. The molecule has 0 atom stereocenters. The van der Waals surface area contributed by atoms with Crippen molar-refractivity contribution in [2.45, 2.75) is 0 Å². The first kappa shape index (κ1) is 16.7. The van der Waals surface area contributed by atoms with Gasteiger partial charge in [0.15, 0.2) is 0 Å². The lowest BCUT2D eigenvalue weighted by atomic mass is 10.1. The monoisotopic (exact) mass is 352 g/mol. The molecule has 0 saturated heterocycles. The Kier molecular flexibility index (Phi) is 5.11. The Labute approximate surface area is 149 Å². The summed E-state index contributed by atoms with van der Waals surface area (Å²) in [6.07, 6.45) is 0. The number of halogens is 1. The molecule has 0 aliphatic heterocycles. The Morgan fingerprint density at radius 3 is 1.56 bits per heavy atom. The van der Waals surface area contributed by atoms with Crippen LogP contribution in [0.2, 0.25) is 5.02 Å². The Morgan fingerprint density at radius 1 is 0.600 bits per heavy atom. The van der Waals surface area contributed by atoms with Gasteiger partial charge >= 0.3 is 11.9 Å². The van der Waals surface area contributed by atoms with Gasteiger partial charge in [0.1, 0.15) is 11.5 Å². The van der Waals surface area contributed by atoms with Gasteiger partial charge in [0.2, 0.25) is 0 Å². The molecule has 5 heteroatoms. The van der Waals surface area contributed by atoms with E-state index in [9.17, 15) is 9.59 Å². The van der Waals surface area contributed by atoms with Crippen molar-refractivity contribution >= 4 is 23.5 Å². The molecule has 0 N–H and O–H groups in total. The third kappa shape index (κ3) is 4.25. The van der Waals surface area contributed by atoms with Crippen molar-refractivity contribution in [3.05, 3.63) is 95.0 Å². The number of esters is 2. The third-order valence-corrected chi connectivity index (χ3v) is 3.60. The molecule has 0 saturated carbocycles. The topological polar surface area (TPSA) is 52.6 Å². The van der Waals surface area contributed by atoms with E-state index in [0.29, 0.717) is 16.5 Å². The first-order valence-corrected chi connectivity index (χ1v) is 7.85. The molecule has 3 aromatic carbocycles. The molecule has 0 spiro atoms. The molecule has 0 aliphatic rings. The summed E-state index contributed by atoms with van der Waals surface area (Å²) in [6, 6.07) is 21.3. The van der Waals surface area contributed by atoms with Crippen LogP contribution in [0.15, 0.2) is 78.9 Å². The number of hydrogen-bond donors (Lipinski definition) is 0. The maximum atomic E-state index is 12.4. The van der Waals surface area contributed by atoms with Crippen molar-refractivity contribution in [3.63, 3.8) is 0 Å². The predicted molar refractivity (Wildman–Crippen MR) is 94.3 cm³/mol. The molecule has 0 heterocycles. The Morgan fingerprint density at radius 2 is 1.04 bits per heavy atom. The Hall–Kier alpha value is -3.11. The minimum absolute atomic E-state index is 0.124. The van der Waals surface area contributed by atoms with Gasteiger partial charge in [0.25, 0.3) is 0 Å². The summed E-state index contributed by atoms with van der Waals surface area (Å²) < 4.78 is 10.6. The van der Waals surface area contributed by atoms with Gasteiger partial charge in [-0.1, -0.05) is 41.9 Å². The van der Waals surface area contributed by atoms with E-state index in [4.69, 9.17) is 21.1 Å². The summed E-state index contributed by atoms with van der Waals surface area (Å²) >= 11 is 5.81. The lowest BCUT2D eigenvalue weighted by Gasteiger charge is -2.09. The van der Waals surface area contributed by atoms with Gasteiger partial charge in [-0.2, -0.15) is 0 Å². The van der Waals surface area contributed by atoms with Crippen LogP contribution in [-0.4, -0.2) is 11.9 Å². The highest BCUT2D eigenvalue weighted by molar-refractivity contribution is 6.30. The van der Waals surface area contributed by atoms with Crippen molar-refractivity contribution < 1.29 is 19.1 Å². The van der Waals surface area contributed by atoms with E-state index in [1.807, 2.05) is 6.07 Å². The summed E-state index contributed by atoms with van der Waals surface area (Å²) in [5, 5.41) is 0.534. The Bertz CT molecular complexity index is 889. The minimum Gasteiger partial charge on any atom is -0.423 e. The zero-order valence-electron chi connectivity index (χ0n) is 13.0. The highest BCUT2D eigenvalue weighted by Gasteiger charge is 2.20. The predicted octanol–water partition coefficient (Wildman–Crippen LogP) is 4.78. The van der Waals surface area contributed by atoms with Gasteiger partial charge in [-0.15, -0.1) is 0 Å². The van der Waals surface area contributed by atoms with E-state index in [0.717, 1.165) is 0 Å². The second kappa shape index (κ2) is 7.64. The number of carbonyl (C=O) groups excluding carboxylic acids is 2. The van der Waals surface area contributed by atoms with Crippen LogP contribution < -0.4 is 9.47 Å². The standard InChI is InChI=1S/C20H13ClO4/c21-14-10-12-16(13-11-14)25-20(23)18-9-5-4-8-17(18)19(22)24-15-6-2-1-3-7-15/h1-13H. The smallest absolute Gasteiger partial charge is 0.344 e. The number of hydrogen-bond acceptors (Lipinski definition) is 4. The van der Waals surface area contributed by atoms with Crippen molar-refractivity contribution in [2.24, 2.45) is 0 Å². The zero-order valence-corrected chi connectivity index (χ0v) is 13.8. The zero-order chi connectivity index (χ0) is 17.6. The molecule has 0 bridgehead atoms. The van der Waals surface area contributed by atoms with Crippen LogP contribution in [0.3, 0.4) is 0 Å². The molecule has 0 amide bonds. The fourth-order valence-electron chi connectivity index (χ4n) is 2.15. The van der Waals surface area contributed by atoms with Crippen LogP contribution in [0.4, 0.5) is 0 Å². The van der Waals surface area contributed by atoms with Gasteiger partial charge in [-0.25, -0.2) is 9.59 Å². The van der Waals surface area contributed by atoms with Crippen LogP contribution in [0.1, 0.15) is 20.7 Å². The molecule has 0 unspecified atom stereocenters. The van der Waals surface area contributed by atoms with Crippen LogP contribution in [0.5, 0.6) is 11.5 Å². The average molecular weight is 353 g/mol. The summed E-state index contributed by atoms with van der Waals surface area (Å²) in [7, 11) is 0. The first-order chi connectivity index (χ1) is 12.1. The minimum atomic E-state index is -0.650. The van der Waals surface area contributed by atoms with Gasteiger partial charge in [-0.3, -0.25) is 0 Å². The van der Waals surface area contributed by atoms with E-state index in [1.54, 1.807) is 60.7 Å². The van der Waals surface area contributed by atoms with Crippen molar-refractivity contribution in [3.8, 4) is 11.5 Å². The highest BCUT2D eigenvalue weighted by Crippen LogP contribution is 2.19. The molecule has 0 radical (unpaired) electrons. The van der Waals surface area contributed by atoms with Crippen LogP contribution in [0, 0.1) is 0 Å². The van der Waals surface area contributed by atoms with Crippen molar-refractivity contribution in [2.75, 3.05) is 0 Å². The molecular weight excluding hydrogens is 340 g/mol. The molecule has 124 valence electrons. The normalized spacial score (nSPS) is 10.1. The summed E-state index contributed by atoms with van der Waals surface area (Å²) in [6.45, 7) is 0. The van der Waals surface area contributed by atoms with Crippen LogP contribution in [0.25, 0.3) is 0 Å². The molecular formula is C20H13ClO4. The number of carbonyl (C=O) groups is 2. The summed E-state index contributed by atoms with van der Waals surface area (Å²) in [5.74, 6) is -0.549. The maximum Gasteiger partial charge on any atom is 0.344 e. The van der Waals surface area contributed by atoms with Gasteiger partial charge < -0.3 is 9.47 Å². The van der Waals surface area contributed by atoms with Gasteiger partial charge in [-0.05, 0) is 48.5 Å². The molecule has 3 rings (SSSR count). The SMILES string of the molecule is O=C(Oc1ccccc1)c1ccccc1C(=O)Oc1ccc(Cl)cc1. The lowest BCUT2D eigenvalue weighted by molar-refractivity contribution is 0.0692. The third-order valence-electron chi connectivity index (χ3n) is 3.34. The van der Waals surface area contributed by atoms with E-state index in [2.05, 4.69) is 0 Å². The van der Waals surface area contributed by atoms with E-state index < -0.39 is 11.9 Å². The molecule has 4 nitrogen and oxygen atoms in total. The largest absolute Gasteiger partial charge is 0.423 e. The van der Waals surface area contributed by atoms with E-state index in [1.165, 1.54) is 12.1 Å². The van der Waals surface area contributed by atoms with E-state index in [-0.39, 0.29) is 11.1 Å². The van der Waals surface area contributed by atoms with Crippen LogP contribution >= 0.6 is 11.6 Å². The maximum absolute atomic E-state index is 12.4. The second-order valence-corrected chi connectivity index (χ2v) is 5.53. The van der Waals surface area contributed by atoms with Gasteiger partial charge in [0.05, 0.1) is 11.1 Å². The molecule has 0 aromatic heterocycles. The fraction of sp³-hybridized carbons (Fsp3) is 0. The molecule has 0 aliphatic carbocycles. The fourth-order valence-corrected chi connectivity index (χ4v) is 2.28. The number of ether oxygens (including phenoxy) is 2. The van der Waals surface area contributed by atoms with Crippen molar-refractivity contribution in [1.29, 1.82) is 0 Å².